The van der Waals surface area contributed by atoms with Crippen LogP contribution >= 0.6 is 11.6 Å². The van der Waals surface area contributed by atoms with E-state index in [2.05, 4.69) is 31.1 Å². The van der Waals surface area contributed by atoms with Crippen LogP contribution in [0, 0.1) is 0 Å². The van der Waals surface area contributed by atoms with Crippen LogP contribution in [-0.2, 0) is 5.41 Å². The van der Waals surface area contributed by atoms with E-state index < -0.39 is 0 Å². The van der Waals surface area contributed by atoms with Gasteiger partial charge in [0.05, 0.1) is 0 Å². The summed E-state index contributed by atoms with van der Waals surface area (Å²) in [6.07, 6.45) is 8.08. The van der Waals surface area contributed by atoms with Gasteiger partial charge >= 0.3 is 0 Å². The molecule has 0 spiro atoms. The molecule has 100 valence electrons. The summed E-state index contributed by atoms with van der Waals surface area (Å²) in [5.41, 5.74) is 1.97. The molecule has 1 aromatic carbocycles. The van der Waals surface area contributed by atoms with Crippen LogP contribution in [-0.4, -0.2) is 25.5 Å². The highest BCUT2D eigenvalue weighted by Gasteiger charge is 2.37. The van der Waals surface area contributed by atoms with E-state index in [1.807, 2.05) is 12.1 Å². The Morgan fingerprint density at radius 1 is 1.11 bits per heavy atom. The third-order valence-corrected chi connectivity index (χ3v) is 4.53. The Kier molecular flexibility index (Phi) is 4.69. The Balaban J connectivity index is 1.92. The second kappa shape index (κ2) is 6.08. The summed E-state index contributed by atoms with van der Waals surface area (Å²) in [5.74, 6) is 0. The molecule has 1 saturated carbocycles. The Labute approximate surface area is 116 Å². The minimum atomic E-state index is 0.469. The number of halogens is 1. The fraction of sp³-hybridized carbons (Fsp3) is 0.625. The first-order chi connectivity index (χ1) is 8.62. The van der Waals surface area contributed by atoms with Crippen LogP contribution in [0.15, 0.2) is 24.3 Å². The molecule has 1 aromatic rings. The van der Waals surface area contributed by atoms with E-state index >= 15 is 0 Å². The minimum Gasteiger partial charge on any atom is -0.309 e. The van der Waals surface area contributed by atoms with Crippen molar-refractivity contribution in [3.8, 4) is 0 Å². The zero-order valence-electron chi connectivity index (χ0n) is 11.6. The number of rotatable bonds is 6. The number of nitrogens with zero attached hydrogens (tertiary/aromatic N) is 1. The first-order valence-electron chi connectivity index (χ1n) is 7.03. The average molecular weight is 266 g/mol. The normalized spacial score (nSPS) is 17.8. The summed E-state index contributed by atoms with van der Waals surface area (Å²) >= 11 is 5.98. The predicted molar refractivity (Wildman–Crippen MR) is 79.4 cm³/mol. The first-order valence-corrected chi connectivity index (χ1v) is 7.41. The van der Waals surface area contributed by atoms with Gasteiger partial charge in [-0.3, -0.25) is 0 Å². The maximum absolute atomic E-state index is 5.98. The van der Waals surface area contributed by atoms with E-state index in [-0.39, 0.29) is 0 Å². The lowest BCUT2D eigenvalue weighted by molar-refractivity contribution is 0.216. The Morgan fingerprint density at radius 2 is 1.78 bits per heavy atom. The molecule has 18 heavy (non-hydrogen) atoms. The lowest BCUT2D eigenvalue weighted by atomic mass is 9.62. The molecule has 1 aliphatic rings. The van der Waals surface area contributed by atoms with Gasteiger partial charge in [-0.1, -0.05) is 36.6 Å². The molecule has 0 radical (unpaired) electrons. The van der Waals surface area contributed by atoms with Crippen molar-refractivity contribution in [3.05, 3.63) is 34.9 Å². The van der Waals surface area contributed by atoms with E-state index in [9.17, 15) is 0 Å². The number of hydrogen-bond donors (Lipinski definition) is 0. The summed E-state index contributed by atoms with van der Waals surface area (Å²) in [4.78, 5) is 2.27. The zero-order valence-corrected chi connectivity index (χ0v) is 12.3. The largest absolute Gasteiger partial charge is 0.309 e. The molecule has 0 bridgehead atoms. The van der Waals surface area contributed by atoms with Gasteiger partial charge in [-0.15, -0.1) is 0 Å². The second-order valence-electron chi connectivity index (χ2n) is 5.90. The van der Waals surface area contributed by atoms with E-state index in [4.69, 9.17) is 11.6 Å². The van der Waals surface area contributed by atoms with Gasteiger partial charge in [0.1, 0.15) is 0 Å². The summed E-state index contributed by atoms with van der Waals surface area (Å²) in [6, 6.07) is 8.54. The monoisotopic (exact) mass is 265 g/mol. The average Bonchev–Trinajstić information content (AvgIpc) is 2.28. The van der Waals surface area contributed by atoms with Gasteiger partial charge in [0.15, 0.2) is 0 Å². The highest BCUT2D eigenvalue weighted by molar-refractivity contribution is 6.30. The summed E-state index contributed by atoms with van der Waals surface area (Å²) in [6.45, 7) is 1.21. The van der Waals surface area contributed by atoms with Gasteiger partial charge in [-0.25, -0.2) is 0 Å². The van der Waals surface area contributed by atoms with E-state index in [0.29, 0.717) is 5.41 Å². The molecule has 1 fully saturated rings. The lowest BCUT2D eigenvalue weighted by Crippen LogP contribution is -2.34. The van der Waals surface area contributed by atoms with E-state index in [1.54, 1.807) is 0 Å². The zero-order chi connectivity index (χ0) is 13.0. The number of unbranched alkanes of at least 4 members (excludes halogenated alkanes) is 1. The van der Waals surface area contributed by atoms with Gasteiger partial charge in [-0.2, -0.15) is 0 Å². The summed E-state index contributed by atoms with van der Waals surface area (Å²) in [5, 5.41) is 0.848. The molecule has 0 heterocycles. The SMILES string of the molecule is CN(C)CCCCC1(c2ccc(Cl)cc2)CCC1. The molecule has 0 N–H and O–H groups in total. The van der Waals surface area contributed by atoms with Gasteiger partial charge < -0.3 is 4.90 Å². The lowest BCUT2D eigenvalue weighted by Gasteiger charge is -2.43. The highest BCUT2D eigenvalue weighted by atomic mass is 35.5. The van der Waals surface area contributed by atoms with Crippen LogP contribution in [0.4, 0.5) is 0 Å². The molecule has 2 rings (SSSR count). The van der Waals surface area contributed by atoms with Crippen LogP contribution in [0.2, 0.25) is 5.02 Å². The third kappa shape index (κ3) is 3.27. The van der Waals surface area contributed by atoms with Crippen LogP contribution in [0.1, 0.15) is 44.1 Å². The second-order valence-corrected chi connectivity index (χ2v) is 6.34. The molecule has 1 nitrogen and oxygen atoms in total. The Morgan fingerprint density at radius 3 is 2.28 bits per heavy atom. The summed E-state index contributed by atoms with van der Waals surface area (Å²) < 4.78 is 0. The maximum Gasteiger partial charge on any atom is 0.0406 e. The maximum atomic E-state index is 5.98. The molecule has 1 aliphatic carbocycles. The molecule has 0 atom stereocenters. The summed E-state index contributed by atoms with van der Waals surface area (Å²) in [7, 11) is 4.30. The Bertz CT molecular complexity index is 365. The van der Waals surface area contributed by atoms with Crippen molar-refractivity contribution in [1.29, 1.82) is 0 Å². The van der Waals surface area contributed by atoms with Crippen molar-refractivity contribution in [2.24, 2.45) is 0 Å². The van der Waals surface area contributed by atoms with Crippen molar-refractivity contribution in [1.82, 2.24) is 4.90 Å². The smallest absolute Gasteiger partial charge is 0.0406 e. The molecular formula is C16H24ClN. The van der Waals surface area contributed by atoms with Gasteiger partial charge in [0, 0.05) is 5.02 Å². The van der Waals surface area contributed by atoms with Crippen LogP contribution in [0.5, 0.6) is 0 Å². The predicted octanol–water partition coefficient (Wildman–Crippen LogP) is 4.49. The molecule has 0 unspecified atom stereocenters. The Hall–Kier alpha value is -0.530. The van der Waals surface area contributed by atoms with Crippen molar-refractivity contribution in [2.75, 3.05) is 20.6 Å². The third-order valence-electron chi connectivity index (χ3n) is 4.28. The minimum absolute atomic E-state index is 0.469. The van der Waals surface area contributed by atoms with Gasteiger partial charge in [0.2, 0.25) is 0 Å². The van der Waals surface area contributed by atoms with E-state index in [1.165, 1.54) is 50.6 Å². The van der Waals surface area contributed by atoms with Crippen LogP contribution in [0.3, 0.4) is 0 Å². The van der Waals surface area contributed by atoms with Gasteiger partial charge in [0.25, 0.3) is 0 Å². The molecular weight excluding hydrogens is 242 g/mol. The molecule has 0 saturated heterocycles. The molecule has 0 aromatic heterocycles. The van der Waals surface area contributed by atoms with Crippen molar-refractivity contribution in [2.45, 2.75) is 43.9 Å². The van der Waals surface area contributed by atoms with Crippen LogP contribution < -0.4 is 0 Å². The fourth-order valence-corrected chi connectivity index (χ4v) is 3.11. The highest BCUT2D eigenvalue weighted by Crippen LogP contribution is 2.47. The number of benzene rings is 1. The number of hydrogen-bond acceptors (Lipinski definition) is 1. The van der Waals surface area contributed by atoms with Crippen molar-refractivity contribution in [3.63, 3.8) is 0 Å². The fourth-order valence-electron chi connectivity index (χ4n) is 2.98. The van der Waals surface area contributed by atoms with Crippen molar-refractivity contribution >= 4 is 11.6 Å². The molecule has 2 heteroatoms. The van der Waals surface area contributed by atoms with Crippen LogP contribution in [0.25, 0.3) is 0 Å². The molecule has 0 amide bonds. The topological polar surface area (TPSA) is 3.24 Å². The van der Waals surface area contributed by atoms with Crippen molar-refractivity contribution < 1.29 is 0 Å². The quantitative estimate of drug-likeness (QED) is 0.685. The van der Waals surface area contributed by atoms with Gasteiger partial charge in [-0.05, 0) is 69.4 Å². The molecule has 0 aliphatic heterocycles. The van der Waals surface area contributed by atoms with E-state index in [0.717, 1.165) is 5.02 Å². The standard InChI is InChI=1S/C16H24ClN/c1-18(2)13-4-3-10-16(11-5-12-16)14-6-8-15(17)9-7-14/h6-9H,3-5,10-13H2,1-2H3. The first kappa shape index (κ1) is 13.9.